The number of likely N-dealkylation sites (N-methyl/N-ethyl adjacent to an activating group) is 1. The van der Waals surface area contributed by atoms with Crippen molar-refractivity contribution in [2.24, 2.45) is 0 Å². The second-order valence-corrected chi connectivity index (χ2v) is 4.18. The van der Waals surface area contributed by atoms with Gasteiger partial charge in [0.15, 0.2) is 0 Å². The fraction of sp³-hybridized carbons (Fsp3) is 0.538. The number of nitrogens with zero attached hydrogens (tertiary/aromatic N) is 1. The normalized spacial score (nSPS) is 20.1. The molecule has 0 aliphatic carbocycles. The van der Waals surface area contributed by atoms with Crippen LogP contribution in [0.2, 0.25) is 5.02 Å². The van der Waals surface area contributed by atoms with Gasteiger partial charge < -0.3 is 9.64 Å². The first-order valence-corrected chi connectivity index (χ1v) is 6.22. The third kappa shape index (κ3) is 4.03. The van der Waals surface area contributed by atoms with Crippen LogP contribution in [0, 0.1) is 0 Å². The molecule has 90 valence electrons. The molecule has 0 spiro atoms. The van der Waals surface area contributed by atoms with Crippen LogP contribution >= 0.6 is 11.6 Å². The van der Waals surface area contributed by atoms with Gasteiger partial charge in [-0.25, -0.2) is 0 Å². The minimum absolute atomic E-state index is 0.334. The van der Waals surface area contributed by atoms with Crippen molar-refractivity contribution in [1.29, 1.82) is 0 Å². The maximum absolute atomic E-state index is 5.80. The number of ether oxygens (including phenoxy) is 1. The zero-order valence-corrected chi connectivity index (χ0v) is 11.0. The van der Waals surface area contributed by atoms with Gasteiger partial charge in [0.2, 0.25) is 0 Å². The lowest BCUT2D eigenvalue weighted by atomic mass is 10.3. The molecule has 1 heterocycles. The van der Waals surface area contributed by atoms with Gasteiger partial charge in [-0.05, 0) is 37.7 Å². The quantitative estimate of drug-likeness (QED) is 0.787. The molecule has 0 amide bonds. The average Bonchev–Trinajstić information content (AvgIpc) is 2.70. The highest BCUT2D eigenvalue weighted by Gasteiger charge is 2.20. The first kappa shape index (κ1) is 13.3. The van der Waals surface area contributed by atoms with Gasteiger partial charge in [0.1, 0.15) is 11.9 Å². The first-order valence-electron chi connectivity index (χ1n) is 5.85. The Morgan fingerprint density at radius 1 is 1.25 bits per heavy atom. The molecule has 0 aromatic heterocycles. The SMILES string of the molecule is CC.CN1CCC(Oc2ccc(Cl)cc2)C1. The number of rotatable bonds is 2. The Kier molecular flexibility index (Phi) is 5.64. The standard InChI is InChI=1S/C11H14ClNO.C2H6/c1-13-7-6-11(8-13)14-10-4-2-9(12)3-5-10;1-2/h2-5,11H,6-8H2,1H3;1-2H3. The zero-order chi connectivity index (χ0) is 12.0. The lowest BCUT2D eigenvalue weighted by molar-refractivity contribution is 0.208. The van der Waals surface area contributed by atoms with E-state index in [9.17, 15) is 0 Å². The molecule has 2 nitrogen and oxygen atoms in total. The van der Waals surface area contributed by atoms with Crippen LogP contribution in [0.4, 0.5) is 0 Å². The summed E-state index contributed by atoms with van der Waals surface area (Å²) in [5.74, 6) is 0.912. The summed E-state index contributed by atoms with van der Waals surface area (Å²) in [5, 5.41) is 0.751. The van der Waals surface area contributed by atoms with Crippen molar-refractivity contribution in [3.8, 4) is 5.75 Å². The van der Waals surface area contributed by atoms with Crippen LogP contribution in [-0.4, -0.2) is 31.1 Å². The minimum Gasteiger partial charge on any atom is -0.489 e. The Hall–Kier alpha value is -0.730. The molecule has 1 atom stereocenters. The van der Waals surface area contributed by atoms with Gasteiger partial charge in [-0.2, -0.15) is 0 Å². The summed E-state index contributed by atoms with van der Waals surface area (Å²) >= 11 is 5.79. The van der Waals surface area contributed by atoms with Crippen molar-refractivity contribution in [1.82, 2.24) is 4.90 Å². The fourth-order valence-electron chi connectivity index (χ4n) is 1.70. The summed E-state index contributed by atoms with van der Waals surface area (Å²) < 4.78 is 5.80. The van der Waals surface area contributed by atoms with Crippen LogP contribution in [0.1, 0.15) is 20.3 Å². The van der Waals surface area contributed by atoms with E-state index in [0.29, 0.717) is 6.10 Å². The van der Waals surface area contributed by atoms with Gasteiger partial charge in [0, 0.05) is 18.1 Å². The van der Waals surface area contributed by atoms with E-state index in [1.165, 1.54) is 0 Å². The Labute approximate surface area is 103 Å². The van der Waals surface area contributed by atoms with Gasteiger partial charge in [-0.1, -0.05) is 25.4 Å². The Morgan fingerprint density at radius 2 is 1.88 bits per heavy atom. The largest absolute Gasteiger partial charge is 0.489 e. The molecule has 1 saturated heterocycles. The van der Waals surface area contributed by atoms with Gasteiger partial charge in [0.25, 0.3) is 0 Å². The summed E-state index contributed by atoms with van der Waals surface area (Å²) in [6.45, 7) is 6.14. The topological polar surface area (TPSA) is 12.5 Å². The summed E-state index contributed by atoms with van der Waals surface area (Å²) in [5.41, 5.74) is 0. The molecule has 16 heavy (non-hydrogen) atoms. The van der Waals surface area contributed by atoms with Crippen LogP contribution in [0.25, 0.3) is 0 Å². The highest BCUT2D eigenvalue weighted by atomic mass is 35.5. The van der Waals surface area contributed by atoms with Crippen molar-refractivity contribution < 1.29 is 4.74 Å². The summed E-state index contributed by atoms with van der Waals surface area (Å²) in [7, 11) is 2.12. The molecule has 1 aliphatic rings. The molecule has 0 bridgehead atoms. The van der Waals surface area contributed by atoms with E-state index < -0.39 is 0 Å². The maximum atomic E-state index is 5.80. The highest BCUT2D eigenvalue weighted by Crippen LogP contribution is 2.19. The van der Waals surface area contributed by atoms with Gasteiger partial charge >= 0.3 is 0 Å². The summed E-state index contributed by atoms with van der Waals surface area (Å²) in [6.07, 6.45) is 1.44. The molecule has 1 aromatic rings. The molecule has 0 N–H and O–H groups in total. The van der Waals surface area contributed by atoms with Crippen LogP contribution in [0.5, 0.6) is 5.75 Å². The Morgan fingerprint density at radius 3 is 2.38 bits per heavy atom. The van der Waals surface area contributed by atoms with E-state index in [1.807, 2.05) is 38.1 Å². The highest BCUT2D eigenvalue weighted by molar-refractivity contribution is 6.30. The molecule has 1 fully saturated rings. The first-order chi connectivity index (χ1) is 7.74. The lowest BCUT2D eigenvalue weighted by Gasteiger charge is -2.13. The predicted molar refractivity (Wildman–Crippen MR) is 69.3 cm³/mol. The number of hydrogen-bond acceptors (Lipinski definition) is 2. The lowest BCUT2D eigenvalue weighted by Crippen LogP contribution is -2.21. The van der Waals surface area contributed by atoms with E-state index >= 15 is 0 Å². The zero-order valence-electron chi connectivity index (χ0n) is 10.2. The second kappa shape index (κ2) is 6.77. The molecule has 3 heteroatoms. The molecule has 1 aliphatic heterocycles. The number of halogens is 1. The third-order valence-corrected chi connectivity index (χ3v) is 2.72. The van der Waals surface area contributed by atoms with E-state index in [4.69, 9.17) is 16.3 Å². The van der Waals surface area contributed by atoms with Gasteiger partial charge in [0.05, 0.1) is 0 Å². The molecular weight excluding hydrogens is 222 g/mol. The fourth-order valence-corrected chi connectivity index (χ4v) is 1.82. The molecule has 0 saturated carbocycles. The predicted octanol–water partition coefficient (Wildman–Crippen LogP) is 3.45. The van der Waals surface area contributed by atoms with E-state index in [-0.39, 0.29) is 0 Å². The van der Waals surface area contributed by atoms with Crippen LogP contribution in [-0.2, 0) is 0 Å². The summed E-state index contributed by atoms with van der Waals surface area (Å²) in [4.78, 5) is 2.28. The number of hydrogen-bond donors (Lipinski definition) is 0. The monoisotopic (exact) mass is 241 g/mol. The van der Waals surface area contributed by atoms with Crippen LogP contribution in [0.3, 0.4) is 0 Å². The molecule has 2 rings (SSSR count). The van der Waals surface area contributed by atoms with Crippen molar-refractivity contribution in [3.63, 3.8) is 0 Å². The van der Waals surface area contributed by atoms with E-state index in [2.05, 4.69) is 11.9 Å². The number of benzene rings is 1. The van der Waals surface area contributed by atoms with Gasteiger partial charge in [-0.3, -0.25) is 0 Å². The Balaban J connectivity index is 0.000000606. The van der Waals surface area contributed by atoms with Crippen LogP contribution < -0.4 is 4.74 Å². The number of likely N-dealkylation sites (tertiary alicyclic amines) is 1. The smallest absolute Gasteiger partial charge is 0.119 e. The van der Waals surface area contributed by atoms with E-state index in [1.54, 1.807) is 0 Å². The van der Waals surface area contributed by atoms with Crippen molar-refractivity contribution >= 4 is 11.6 Å². The van der Waals surface area contributed by atoms with Crippen molar-refractivity contribution in [2.45, 2.75) is 26.4 Å². The van der Waals surface area contributed by atoms with Crippen molar-refractivity contribution in [2.75, 3.05) is 20.1 Å². The maximum Gasteiger partial charge on any atom is 0.119 e. The molecule has 0 radical (unpaired) electrons. The van der Waals surface area contributed by atoms with E-state index in [0.717, 1.165) is 30.3 Å². The van der Waals surface area contributed by atoms with Crippen molar-refractivity contribution in [3.05, 3.63) is 29.3 Å². The Bertz CT molecular complexity index is 299. The average molecular weight is 242 g/mol. The van der Waals surface area contributed by atoms with Gasteiger partial charge in [-0.15, -0.1) is 0 Å². The molecule has 1 unspecified atom stereocenters. The molecule has 1 aromatic carbocycles. The second-order valence-electron chi connectivity index (χ2n) is 3.74. The molecular formula is C13H20ClNO. The summed E-state index contributed by atoms with van der Waals surface area (Å²) in [6, 6.07) is 7.55. The van der Waals surface area contributed by atoms with Crippen LogP contribution in [0.15, 0.2) is 24.3 Å². The minimum atomic E-state index is 0.334. The third-order valence-electron chi connectivity index (χ3n) is 2.46.